The van der Waals surface area contributed by atoms with Crippen LogP contribution in [0.25, 0.3) is 21.8 Å². The Balaban J connectivity index is 1.46. The normalized spacial score (nSPS) is 10.9. The molecular weight excluding hydrogens is 392 g/mol. The van der Waals surface area contributed by atoms with Gasteiger partial charge in [0.1, 0.15) is 0 Å². The molecule has 0 bridgehead atoms. The van der Waals surface area contributed by atoms with E-state index in [4.69, 9.17) is 14.2 Å². The zero-order valence-corrected chi connectivity index (χ0v) is 18.0. The first-order valence-corrected chi connectivity index (χ1v) is 10.2. The van der Waals surface area contributed by atoms with Crippen molar-refractivity contribution in [3.8, 4) is 17.2 Å². The fourth-order valence-electron chi connectivity index (χ4n) is 4.00. The highest BCUT2D eigenvalue weighted by molar-refractivity contribution is 6.07. The first-order valence-electron chi connectivity index (χ1n) is 10.2. The molecule has 4 aromatic rings. The third-order valence-electron chi connectivity index (χ3n) is 5.45. The van der Waals surface area contributed by atoms with E-state index in [1.807, 2.05) is 0 Å². The molecule has 1 amide bonds. The summed E-state index contributed by atoms with van der Waals surface area (Å²) in [5.74, 6) is 1.20. The van der Waals surface area contributed by atoms with Crippen molar-refractivity contribution >= 4 is 27.7 Å². The van der Waals surface area contributed by atoms with Crippen LogP contribution in [0.5, 0.6) is 17.2 Å². The van der Waals surface area contributed by atoms with E-state index in [0.717, 1.165) is 13.0 Å². The predicted octanol–water partition coefficient (Wildman–Crippen LogP) is 4.64. The topological polar surface area (TPSA) is 61.7 Å². The quantitative estimate of drug-likeness (QED) is 0.424. The molecule has 0 saturated heterocycles. The largest absolute Gasteiger partial charge is 0.493 e. The zero-order valence-electron chi connectivity index (χ0n) is 18.0. The van der Waals surface area contributed by atoms with Crippen LogP contribution in [0, 0.1) is 0 Å². The molecule has 0 aliphatic carbocycles. The van der Waals surface area contributed by atoms with Gasteiger partial charge in [-0.1, -0.05) is 36.4 Å². The van der Waals surface area contributed by atoms with Gasteiger partial charge in [0.2, 0.25) is 5.75 Å². The number of fused-ring (bicyclic) bond motifs is 3. The highest BCUT2D eigenvalue weighted by Crippen LogP contribution is 2.38. The number of ether oxygens (including phenoxy) is 3. The Kier molecular flexibility index (Phi) is 5.98. The molecule has 0 aliphatic heterocycles. The van der Waals surface area contributed by atoms with E-state index >= 15 is 0 Å². The van der Waals surface area contributed by atoms with Crippen molar-refractivity contribution in [3.05, 3.63) is 66.2 Å². The molecule has 0 aliphatic rings. The highest BCUT2D eigenvalue weighted by atomic mass is 16.5. The Morgan fingerprint density at radius 3 is 1.90 bits per heavy atom. The van der Waals surface area contributed by atoms with Crippen LogP contribution in [0.4, 0.5) is 0 Å². The Morgan fingerprint density at radius 2 is 1.39 bits per heavy atom. The summed E-state index contributed by atoms with van der Waals surface area (Å²) < 4.78 is 18.3. The molecular formula is C25H26N2O4. The van der Waals surface area contributed by atoms with Gasteiger partial charge in [0.05, 0.1) is 21.3 Å². The predicted molar refractivity (Wildman–Crippen MR) is 122 cm³/mol. The standard InChI is InChI=1S/C25H26N2O4/c1-29-22-15-17(16-23(30-2)24(22)31-3)25(28)26-13-8-14-27-20-11-6-4-9-18(20)19-10-5-7-12-21(19)27/h4-7,9-12,15-16H,8,13-14H2,1-3H3,(H,26,28). The molecule has 1 aromatic heterocycles. The van der Waals surface area contributed by atoms with Crippen molar-refractivity contribution in [1.82, 2.24) is 9.88 Å². The summed E-state index contributed by atoms with van der Waals surface area (Å²) in [6.45, 7) is 1.36. The summed E-state index contributed by atoms with van der Waals surface area (Å²) in [7, 11) is 4.60. The number of methoxy groups -OCH3 is 3. The second kappa shape index (κ2) is 9.00. The van der Waals surface area contributed by atoms with Crippen molar-refractivity contribution in [2.24, 2.45) is 0 Å². The Labute approximate surface area is 181 Å². The van der Waals surface area contributed by atoms with E-state index in [9.17, 15) is 4.79 Å². The lowest BCUT2D eigenvalue weighted by Crippen LogP contribution is -2.25. The number of carbonyl (C=O) groups excluding carboxylic acids is 1. The van der Waals surface area contributed by atoms with Crippen LogP contribution >= 0.6 is 0 Å². The molecule has 0 spiro atoms. The second-order valence-electron chi connectivity index (χ2n) is 7.21. The molecule has 0 unspecified atom stereocenters. The van der Waals surface area contributed by atoms with Gasteiger partial charge >= 0.3 is 0 Å². The fraction of sp³-hybridized carbons (Fsp3) is 0.240. The number of carbonyl (C=O) groups is 1. The maximum absolute atomic E-state index is 12.7. The van der Waals surface area contributed by atoms with Gasteiger partial charge in [0, 0.05) is 40.5 Å². The molecule has 3 aromatic carbocycles. The van der Waals surface area contributed by atoms with Crippen LogP contribution in [-0.4, -0.2) is 38.3 Å². The number of para-hydroxylation sites is 2. The maximum atomic E-state index is 12.7. The Bertz CT molecular complexity index is 1150. The van der Waals surface area contributed by atoms with E-state index in [1.165, 1.54) is 43.1 Å². The van der Waals surface area contributed by atoms with Gasteiger partial charge in [-0.3, -0.25) is 4.79 Å². The smallest absolute Gasteiger partial charge is 0.251 e. The second-order valence-corrected chi connectivity index (χ2v) is 7.21. The number of aromatic nitrogens is 1. The molecule has 1 heterocycles. The summed E-state index contributed by atoms with van der Waals surface area (Å²) in [6.07, 6.45) is 0.804. The lowest BCUT2D eigenvalue weighted by molar-refractivity contribution is 0.0952. The van der Waals surface area contributed by atoms with Crippen molar-refractivity contribution in [2.75, 3.05) is 27.9 Å². The highest BCUT2D eigenvalue weighted by Gasteiger charge is 2.17. The van der Waals surface area contributed by atoms with Crippen LogP contribution < -0.4 is 19.5 Å². The minimum absolute atomic E-state index is 0.179. The van der Waals surface area contributed by atoms with Gasteiger partial charge in [-0.25, -0.2) is 0 Å². The van der Waals surface area contributed by atoms with Crippen molar-refractivity contribution < 1.29 is 19.0 Å². The third kappa shape index (κ3) is 3.89. The van der Waals surface area contributed by atoms with Crippen LogP contribution in [0.3, 0.4) is 0 Å². The molecule has 31 heavy (non-hydrogen) atoms. The average Bonchev–Trinajstić information content (AvgIpc) is 3.14. The van der Waals surface area contributed by atoms with Gasteiger partial charge in [-0.15, -0.1) is 0 Å². The third-order valence-corrected chi connectivity index (χ3v) is 5.45. The minimum atomic E-state index is -0.179. The SMILES string of the molecule is COc1cc(C(=O)NCCCn2c3ccccc3c3ccccc32)cc(OC)c1OC. The van der Waals surface area contributed by atoms with E-state index in [-0.39, 0.29) is 5.91 Å². The van der Waals surface area contributed by atoms with Crippen LogP contribution in [0.2, 0.25) is 0 Å². The number of hydrogen-bond donors (Lipinski definition) is 1. The number of aryl methyl sites for hydroxylation is 1. The maximum Gasteiger partial charge on any atom is 0.251 e. The van der Waals surface area contributed by atoms with E-state index in [1.54, 1.807) is 12.1 Å². The zero-order chi connectivity index (χ0) is 21.8. The first kappa shape index (κ1) is 20.6. The van der Waals surface area contributed by atoms with Crippen molar-refractivity contribution in [2.45, 2.75) is 13.0 Å². The molecule has 6 heteroatoms. The van der Waals surface area contributed by atoms with Gasteiger partial charge in [0.25, 0.3) is 5.91 Å². The molecule has 0 atom stereocenters. The Hall–Kier alpha value is -3.67. The van der Waals surface area contributed by atoms with E-state index in [0.29, 0.717) is 29.4 Å². The first-order chi connectivity index (χ1) is 15.2. The van der Waals surface area contributed by atoms with Gasteiger partial charge in [-0.2, -0.15) is 0 Å². The molecule has 0 saturated carbocycles. The van der Waals surface area contributed by atoms with Crippen LogP contribution in [0.15, 0.2) is 60.7 Å². The lowest BCUT2D eigenvalue weighted by atomic mass is 10.1. The molecule has 4 rings (SSSR count). The molecule has 1 N–H and O–H groups in total. The van der Waals surface area contributed by atoms with Crippen LogP contribution in [-0.2, 0) is 6.54 Å². The van der Waals surface area contributed by atoms with Gasteiger partial charge < -0.3 is 24.1 Å². The van der Waals surface area contributed by atoms with Crippen LogP contribution in [0.1, 0.15) is 16.8 Å². The number of nitrogens with one attached hydrogen (secondary N) is 1. The fourth-order valence-corrected chi connectivity index (χ4v) is 4.00. The van der Waals surface area contributed by atoms with Crippen molar-refractivity contribution in [1.29, 1.82) is 0 Å². The molecule has 160 valence electrons. The molecule has 0 fully saturated rings. The summed E-state index contributed by atoms with van der Waals surface area (Å²) >= 11 is 0. The number of benzene rings is 3. The number of rotatable bonds is 8. The summed E-state index contributed by atoms with van der Waals surface area (Å²) in [5, 5.41) is 5.49. The summed E-state index contributed by atoms with van der Waals surface area (Å²) in [6, 6.07) is 20.2. The average molecular weight is 418 g/mol. The lowest BCUT2D eigenvalue weighted by Gasteiger charge is -2.14. The van der Waals surface area contributed by atoms with Gasteiger partial charge in [-0.05, 0) is 30.7 Å². The molecule has 0 radical (unpaired) electrons. The number of amides is 1. The summed E-state index contributed by atoms with van der Waals surface area (Å²) in [4.78, 5) is 12.7. The minimum Gasteiger partial charge on any atom is -0.493 e. The summed E-state index contributed by atoms with van der Waals surface area (Å²) in [5.41, 5.74) is 2.88. The van der Waals surface area contributed by atoms with Crippen molar-refractivity contribution in [3.63, 3.8) is 0 Å². The molecule has 6 nitrogen and oxygen atoms in total. The number of hydrogen-bond acceptors (Lipinski definition) is 4. The monoisotopic (exact) mass is 418 g/mol. The van der Waals surface area contributed by atoms with E-state index < -0.39 is 0 Å². The Morgan fingerprint density at radius 1 is 0.839 bits per heavy atom. The number of nitrogens with zero attached hydrogens (tertiary/aromatic N) is 1. The van der Waals surface area contributed by atoms with E-state index in [2.05, 4.69) is 58.4 Å². The van der Waals surface area contributed by atoms with Gasteiger partial charge in [0.15, 0.2) is 11.5 Å².